The van der Waals surface area contributed by atoms with Crippen LogP contribution in [0.15, 0.2) is 35.3 Å². The van der Waals surface area contributed by atoms with E-state index in [1.54, 1.807) is 0 Å². The maximum Gasteiger partial charge on any atom is 0.122 e. The lowest BCUT2D eigenvalue weighted by Gasteiger charge is -2.36. The monoisotopic (exact) mass is 340 g/mol. The van der Waals surface area contributed by atoms with Gasteiger partial charge in [-0.3, -0.25) is 0 Å². The first kappa shape index (κ1) is 19.0. The van der Waals surface area contributed by atoms with Crippen molar-refractivity contribution in [1.29, 1.82) is 0 Å². The molecule has 1 aliphatic carbocycles. The normalized spacial score (nSPS) is 31.9. The van der Waals surface area contributed by atoms with Crippen molar-refractivity contribution in [1.82, 2.24) is 0 Å². The summed E-state index contributed by atoms with van der Waals surface area (Å²) < 4.78 is 10.8. The molecule has 136 valence electrons. The van der Waals surface area contributed by atoms with E-state index >= 15 is 0 Å². The van der Waals surface area contributed by atoms with Crippen LogP contribution in [0.2, 0.25) is 0 Å². The second kappa shape index (κ2) is 8.67. The first-order valence-corrected chi connectivity index (χ1v) is 8.44. The van der Waals surface area contributed by atoms with E-state index in [1.165, 1.54) is 11.6 Å². The average molecular weight is 340 g/mol. The minimum Gasteiger partial charge on any atom is -0.508 e. The van der Waals surface area contributed by atoms with Crippen molar-refractivity contribution in [2.75, 3.05) is 19.8 Å². The lowest BCUT2D eigenvalue weighted by atomic mass is 9.91. The summed E-state index contributed by atoms with van der Waals surface area (Å²) in [5, 5.41) is 39.2. The van der Waals surface area contributed by atoms with Crippen molar-refractivity contribution in [2.45, 2.75) is 50.9 Å². The molecule has 2 rings (SSSR count). The standard InChI is InChI=1S/C18H28O6/c1-11-5-3-4-6-14(11)15(20)7-12(2)23-9-13-10-24-16(8-19)18(22)17(13)21/h7,13,16-22H,2-6,8-10H2,1H3/b15-7+/t13?,16?,17?,18-/m1/s1. The smallest absolute Gasteiger partial charge is 0.122 e. The Morgan fingerprint density at radius 3 is 2.67 bits per heavy atom. The van der Waals surface area contributed by atoms with Gasteiger partial charge in [0.05, 0.1) is 25.9 Å². The average Bonchev–Trinajstić information content (AvgIpc) is 2.56. The molecule has 0 amide bonds. The summed E-state index contributed by atoms with van der Waals surface area (Å²) in [6.07, 6.45) is 2.59. The van der Waals surface area contributed by atoms with E-state index in [9.17, 15) is 15.3 Å². The van der Waals surface area contributed by atoms with Gasteiger partial charge in [-0.2, -0.15) is 0 Å². The molecule has 1 aliphatic heterocycles. The van der Waals surface area contributed by atoms with E-state index in [0.29, 0.717) is 5.76 Å². The highest BCUT2D eigenvalue weighted by atomic mass is 16.5. The zero-order valence-corrected chi connectivity index (χ0v) is 14.1. The molecule has 6 heteroatoms. The van der Waals surface area contributed by atoms with E-state index in [-0.39, 0.29) is 25.6 Å². The van der Waals surface area contributed by atoms with Gasteiger partial charge in [-0.25, -0.2) is 0 Å². The molecule has 0 bridgehead atoms. The molecule has 1 heterocycles. The van der Waals surface area contributed by atoms with Crippen LogP contribution in [0.1, 0.15) is 32.6 Å². The summed E-state index contributed by atoms with van der Waals surface area (Å²) >= 11 is 0. The highest BCUT2D eigenvalue weighted by Gasteiger charge is 2.38. The van der Waals surface area contributed by atoms with Gasteiger partial charge in [-0.05, 0) is 38.2 Å². The topological polar surface area (TPSA) is 99.4 Å². The zero-order chi connectivity index (χ0) is 17.7. The molecular formula is C18H28O6. The third kappa shape index (κ3) is 4.60. The number of aliphatic hydroxyl groups is 4. The van der Waals surface area contributed by atoms with Crippen LogP contribution >= 0.6 is 0 Å². The quantitative estimate of drug-likeness (QED) is 0.433. The van der Waals surface area contributed by atoms with Crippen LogP contribution in [0, 0.1) is 5.92 Å². The summed E-state index contributed by atoms with van der Waals surface area (Å²) in [6, 6.07) is 0. The van der Waals surface area contributed by atoms with Gasteiger partial charge in [0.2, 0.25) is 0 Å². The second-order valence-corrected chi connectivity index (χ2v) is 6.57. The Hall–Kier alpha value is -1.34. The molecule has 4 atom stereocenters. The summed E-state index contributed by atoms with van der Waals surface area (Å²) in [4.78, 5) is 0. The molecule has 4 N–H and O–H groups in total. The van der Waals surface area contributed by atoms with Gasteiger partial charge in [-0.1, -0.05) is 12.2 Å². The predicted molar refractivity (Wildman–Crippen MR) is 89.3 cm³/mol. The summed E-state index contributed by atoms with van der Waals surface area (Å²) in [5.74, 6) is 0.0492. The number of ether oxygens (including phenoxy) is 2. The highest BCUT2D eigenvalue weighted by molar-refractivity contribution is 5.34. The number of hydrogen-bond acceptors (Lipinski definition) is 6. The summed E-state index contributed by atoms with van der Waals surface area (Å²) in [6.45, 7) is 5.73. The maximum absolute atomic E-state index is 10.2. The molecule has 1 fully saturated rings. The zero-order valence-electron chi connectivity index (χ0n) is 14.1. The minimum atomic E-state index is -1.15. The van der Waals surface area contributed by atoms with Crippen molar-refractivity contribution in [3.63, 3.8) is 0 Å². The SMILES string of the molecule is C=C(/C=C(/O)C1=C(C)CCCC1)OCC1COC(CO)[C@@H](O)C1O. The molecule has 3 unspecified atom stereocenters. The molecule has 0 aromatic carbocycles. The molecule has 0 saturated carbocycles. The molecule has 0 aromatic heterocycles. The lowest BCUT2D eigenvalue weighted by Crippen LogP contribution is -2.52. The first-order chi connectivity index (χ1) is 11.4. The van der Waals surface area contributed by atoms with E-state index in [1.807, 2.05) is 6.92 Å². The molecule has 24 heavy (non-hydrogen) atoms. The number of rotatable bonds is 6. The molecule has 1 saturated heterocycles. The predicted octanol–water partition coefficient (Wildman–Crippen LogP) is 1.58. The molecule has 6 nitrogen and oxygen atoms in total. The van der Waals surface area contributed by atoms with Gasteiger partial charge in [0.1, 0.15) is 23.7 Å². The third-order valence-corrected chi connectivity index (χ3v) is 4.75. The van der Waals surface area contributed by atoms with Crippen LogP contribution in [0.4, 0.5) is 0 Å². The Bertz CT molecular complexity index is 510. The number of hydrogen-bond donors (Lipinski definition) is 4. The highest BCUT2D eigenvalue weighted by Crippen LogP contribution is 2.29. The Morgan fingerprint density at radius 1 is 1.29 bits per heavy atom. The van der Waals surface area contributed by atoms with Gasteiger partial charge in [-0.15, -0.1) is 0 Å². The minimum absolute atomic E-state index is 0.108. The van der Waals surface area contributed by atoms with E-state index in [2.05, 4.69) is 6.58 Å². The summed E-state index contributed by atoms with van der Waals surface area (Å²) in [5.41, 5.74) is 2.14. The van der Waals surface area contributed by atoms with Crippen molar-refractivity contribution >= 4 is 0 Å². The molecule has 0 radical (unpaired) electrons. The van der Waals surface area contributed by atoms with E-state index < -0.39 is 24.2 Å². The van der Waals surface area contributed by atoms with Gasteiger partial charge in [0.25, 0.3) is 0 Å². The van der Waals surface area contributed by atoms with Crippen LogP contribution in [0.5, 0.6) is 0 Å². The van der Waals surface area contributed by atoms with Gasteiger partial charge >= 0.3 is 0 Å². The van der Waals surface area contributed by atoms with Gasteiger partial charge < -0.3 is 29.9 Å². The van der Waals surface area contributed by atoms with Crippen LogP contribution in [-0.2, 0) is 9.47 Å². The molecule has 0 aromatic rings. The van der Waals surface area contributed by atoms with Crippen LogP contribution in [0.3, 0.4) is 0 Å². The van der Waals surface area contributed by atoms with E-state index in [4.69, 9.17) is 14.6 Å². The molecule has 0 spiro atoms. The van der Waals surface area contributed by atoms with Gasteiger partial charge in [0, 0.05) is 12.0 Å². The van der Waals surface area contributed by atoms with E-state index in [0.717, 1.165) is 31.3 Å². The fraction of sp³-hybridized carbons (Fsp3) is 0.667. The number of allylic oxidation sites excluding steroid dienone is 3. The Balaban J connectivity index is 1.88. The van der Waals surface area contributed by atoms with Gasteiger partial charge in [0.15, 0.2) is 0 Å². The molecular weight excluding hydrogens is 312 g/mol. The summed E-state index contributed by atoms with van der Waals surface area (Å²) in [7, 11) is 0. The van der Waals surface area contributed by atoms with Crippen LogP contribution in [0.25, 0.3) is 0 Å². The van der Waals surface area contributed by atoms with Crippen molar-refractivity contribution < 1.29 is 29.9 Å². The Labute approximate surface area is 142 Å². The second-order valence-electron chi connectivity index (χ2n) is 6.57. The lowest BCUT2D eigenvalue weighted by molar-refractivity contribution is -0.181. The van der Waals surface area contributed by atoms with Crippen molar-refractivity contribution in [3.8, 4) is 0 Å². The Kier molecular flexibility index (Phi) is 6.86. The van der Waals surface area contributed by atoms with Crippen LogP contribution in [-0.4, -0.2) is 58.6 Å². The number of aliphatic hydroxyl groups excluding tert-OH is 4. The van der Waals surface area contributed by atoms with Crippen LogP contribution < -0.4 is 0 Å². The Morgan fingerprint density at radius 2 is 2.00 bits per heavy atom. The molecule has 2 aliphatic rings. The maximum atomic E-state index is 10.2. The fourth-order valence-electron chi connectivity index (χ4n) is 3.15. The van der Waals surface area contributed by atoms with Crippen molar-refractivity contribution in [2.24, 2.45) is 5.92 Å². The first-order valence-electron chi connectivity index (χ1n) is 8.44. The fourth-order valence-corrected chi connectivity index (χ4v) is 3.15. The van der Waals surface area contributed by atoms with Crippen molar-refractivity contribution in [3.05, 3.63) is 35.3 Å². The third-order valence-electron chi connectivity index (χ3n) is 4.75. The largest absolute Gasteiger partial charge is 0.508 e.